The highest BCUT2D eigenvalue weighted by Crippen LogP contribution is 2.36. The minimum Gasteiger partial charge on any atom is -0.478 e. The van der Waals surface area contributed by atoms with Crippen molar-refractivity contribution in [1.29, 1.82) is 0 Å². The van der Waals surface area contributed by atoms with Gasteiger partial charge in [0.05, 0.1) is 18.6 Å². The normalized spacial score (nSPS) is 16.1. The first-order valence-electron chi connectivity index (χ1n) is 25.3. The predicted octanol–water partition coefficient (Wildman–Crippen LogP) is 7.63. The lowest BCUT2D eigenvalue weighted by molar-refractivity contribution is -0.141. The minimum absolute atomic E-state index is 0.0102. The number of hydrogen-bond donors (Lipinski definition) is 6. The number of fused-ring (bicyclic) bond motifs is 2. The quantitative estimate of drug-likeness (QED) is 0.0458. The number of likely N-dealkylation sites (N-methyl/N-ethyl adjacent to an activating group) is 2. The van der Waals surface area contributed by atoms with Crippen molar-refractivity contribution in [3.05, 3.63) is 107 Å². The Balaban J connectivity index is 1.35. The largest absolute Gasteiger partial charge is 0.478 e. The molecule has 0 spiro atoms. The SMILES string of the molecule is CNC(C(=O)N[C@H](C(=O)N(C)[C@H](/C=C(\C)C(=O)O)C(C)C)C(C)(C)C)C(C)(C)c1cccc(NC(=O)[C@H](C)NC(=O)[C@@H](NC(=O)CCCCC(=O)N2Cc3ccccc3CC(C)c3ccccc32)C(C)C)c1. The van der Waals surface area contributed by atoms with Gasteiger partial charge in [-0.25, -0.2) is 4.79 Å². The maximum Gasteiger partial charge on any atom is 0.331 e. The molecular weight excluding hydrogens is 911 g/mol. The third-order valence-electron chi connectivity index (χ3n) is 13.9. The summed E-state index contributed by atoms with van der Waals surface area (Å²) >= 11 is 0. The van der Waals surface area contributed by atoms with Gasteiger partial charge in [-0.15, -0.1) is 0 Å². The van der Waals surface area contributed by atoms with E-state index in [0.29, 0.717) is 30.6 Å². The molecule has 2 unspecified atom stereocenters. The van der Waals surface area contributed by atoms with Crippen molar-refractivity contribution in [3.63, 3.8) is 0 Å². The standard InChI is InChI=1S/C57H81N7O8/c1-34(2)45(31-37(6)55(71)72)63(14)54(70)50(56(8,9)10)62-53(69)49(58-13)57(11,12)41-24-21-25-42(32-41)60-51(67)38(7)59-52(68)48(35(3)4)61-46(65)28-19-20-29-47(66)64-33-40-23-16-15-22-39(40)30-36(5)43-26-17-18-27-44(43)64/h15-18,21-27,31-32,34-36,38,45,48-50,58H,19-20,28-30,33H2,1-14H3,(H,59,68)(H,60,67)(H,61,65)(H,62,69)(H,71,72)/b37-31+/t36?,38-,45+,48-,49?,50+/m0/s1. The highest BCUT2D eigenvalue weighted by atomic mass is 16.4. The summed E-state index contributed by atoms with van der Waals surface area (Å²) in [6.07, 6.45) is 3.78. The maximum absolute atomic E-state index is 14.2. The number of rotatable bonds is 21. The fourth-order valence-electron chi connectivity index (χ4n) is 9.36. The first-order valence-corrected chi connectivity index (χ1v) is 25.3. The van der Waals surface area contributed by atoms with Crippen LogP contribution in [-0.2, 0) is 51.9 Å². The second-order valence-electron chi connectivity index (χ2n) is 21.8. The van der Waals surface area contributed by atoms with Crippen molar-refractivity contribution >= 4 is 52.8 Å². The van der Waals surface area contributed by atoms with Gasteiger partial charge in [-0.3, -0.25) is 28.8 Å². The fourth-order valence-corrected chi connectivity index (χ4v) is 9.36. The number of amides is 6. The van der Waals surface area contributed by atoms with Gasteiger partial charge in [0.15, 0.2) is 0 Å². The number of carbonyl (C=O) groups excluding carboxylic acids is 6. The highest BCUT2D eigenvalue weighted by Gasteiger charge is 2.42. The van der Waals surface area contributed by atoms with E-state index in [1.807, 2.05) is 104 Å². The number of carboxylic acid groups (broad SMARTS) is 1. The molecule has 0 radical (unpaired) electrons. The third kappa shape index (κ3) is 15.1. The predicted molar refractivity (Wildman–Crippen MR) is 284 cm³/mol. The Bertz CT molecular complexity index is 2460. The Morgan fingerprint density at radius 2 is 1.39 bits per heavy atom. The summed E-state index contributed by atoms with van der Waals surface area (Å²) < 4.78 is 0. The number of carbonyl (C=O) groups is 7. The summed E-state index contributed by atoms with van der Waals surface area (Å²) in [5.41, 5.74) is 4.05. The van der Waals surface area contributed by atoms with Gasteiger partial charge < -0.3 is 41.5 Å². The lowest BCUT2D eigenvalue weighted by Crippen LogP contribution is -2.61. The molecular formula is C57H81N7O8. The molecule has 4 rings (SSSR count). The van der Waals surface area contributed by atoms with Crippen LogP contribution in [0.2, 0.25) is 0 Å². The van der Waals surface area contributed by atoms with E-state index in [0.717, 1.165) is 23.2 Å². The van der Waals surface area contributed by atoms with Crippen LogP contribution in [0.15, 0.2) is 84.4 Å². The minimum atomic E-state index is -1.08. The number of nitrogens with zero attached hydrogens (tertiary/aromatic N) is 2. The van der Waals surface area contributed by atoms with Crippen LogP contribution in [0.5, 0.6) is 0 Å². The lowest BCUT2D eigenvalue weighted by atomic mass is 9.76. The van der Waals surface area contributed by atoms with E-state index in [9.17, 15) is 38.7 Å². The number of para-hydroxylation sites is 1. The van der Waals surface area contributed by atoms with Gasteiger partial charge in [0.2, 0.25) is 35.4 Å². The van der Waals surface area contributed by atoms with Gasteiger partial charge in [-0.1, -0.05) is 130 Å². The van der Waals surface area contributed by atoms with E-state index in [1.54, 1.807) is 45.3 Å². The molecule has 15 nitrogen and oxygen atoms in total. The molecule has 0 aromatic heterocycles. The van der Waals surface area contributed by atoms with E-state index >= 15 is 0 Å². The van der Waals surface area contributed by atoms with Gasteiger partial charge in [-0.05, 0) is 104 Å². The summed E-state index contributed by atoms with van der Waals surface area (Å²) in [5, 5.41) is 24.1. The molecule has 392 valence electrons. The Kier molecular flexibility index (Phi) is 20.5. The Morgan fingerprint density at radius 1 is 0.764 bits per heavy atom. The molecule has 0 fully saturated rings. The molecule has 0 saturated carbocycles. The van der Waals surface area contributed by atoms with Gasteiger partial charge >= 0.3 is 5.97 Å². The summed E-state index contributed by atoms with van der Waals surface area (Å²) in [5.74, 6) is -3.38. The molecule has 1 aliphatic heterocycles. The monoisotopic (exact) mass is 992 g/mol. The number of hydrogen-bond acceptors (Lipinski definition) is 8. The fraction of sp³-hybridized carbons (Fsp3) is 0.526. The number of nitrogens with one attached hydrogen (secondary N) is 5. The van der Waals surface area contributed by atoms with Crippen LogP contribution >= 0.6 is 0 Å². The van der Waals surface area contributed by atoms with E-state index < -0.39 is 64.7 Å². The smallest absolute Gasteiger partial charge is 0.331 e. The highest BCUT2D eigenvalue weighted by molar-refractivity contribution is 5.99. The van der Waals surface area contributed by atoms with Gasteiger partial charge in [-0.2, -0.15) is 0 Å². The zero-order valence-electron chi connectivity index (χ0n) is 45.1. The van der Waals surface area contributed by atoms with Crippen LogP contribution in [-0.4, -0.2) is 95.7 Å². The maximum atomic E-state index is 14.2. The average molecular weight is 992 g/mol. The lowest BCUT2D eigenvalue weighted by Gasteiger charge is -2.40. The van der Waals surface area contributed by atoms with E-state index in [4.69, 9.17) is 0 Å². The molecule has 6 atom stereocenters. The average Bonchev–Trinajstić information content (AvgIpc) is 3.31. The summed E-state index contributed by atoms with van der Waals surface area (Å²) in [6, 6.07) is 19.1. The molecule has 3 aromatic rings. The zero-order chi connectivity index (χ0) is 53.8. The molecule has 6 N–H and O–H groups in total. The number of aliphatic carboxylic acids is 1. The molecule has 15 heteroatoms. The summed E-state index contributed by atoms with van der Waals surface area (Å²) in [6.45, 7) is 22.4. The Morgan fingerprint density at radius 3 is 2.00 bits per heavy atom. The first-order chi connectivity index (χ1) is 33.7. The number of benzene rings is 3. The second-order valence-corrected chi connectivity index (χ2v) is 21.8. The molecule has 0 saturated heterocycles. The Hall–Kier alpha value is -6.35. The van der Waals surface area contributed by atoms with E-state index in [1.165, 1.54) is 17.4 Å². The van der Waals surface area contributed by atoms with Crippen LogP contribution < -0.4 is 31.5 Å². The van der Waals surface area contributed by atoms with Gasteiger partial charge in [0.1, 0.15) is 18.1 Å². The van der Waals surface area contributed by atoms with Crippen LogP contribution in [0.3, 0.4) is 0 Å². The van der Waals surface area contributed by atoms with Gasteiger partial charge in [0.25, 0.3) is 0 Å². The van der Waals surface area contributed by atoms with Crippen LogP contribution in [0.25, 0.3) is 0 Å². The molecule has 3 aromatic carbocycles. The summed E-state index contributed by atoms with van der Waals surface area (Å²) in [7, 11) is 3.27. The van der Waals surface area contributed by atoms with Crippen molar-refractivity contribution in [2.24, 2.45) is 17.3 Å². The van der Waals surface area contributed by atoms with Crippen LogP contribution in [0.1, 0.15) is 137 Å². The zero-order valence-corrected chi connectivity index (χ0v) is 45.1. The van der Waals surface area contributed by atoms with Crippen molar-refractivity contribution in [1.82, 2.24) is 26.2 Å². The molecule has 0 bridgehead atoms. The van der Waals surface area contributed by atoms with E-state index in [-0.39, 0.29) is 53.9 Å². The molecule has 72 heavy (non-hydrogen) atoms. The number of anilines is 2. The Labute approximate surface area is 427 Å². The van der Waals surface area contributed by atoms with Crippen molar-refractivity contribution in [2.75, 3.05) is 24.3 Å². The first kappa shape index (κ1) is 58.2. The molecule has 0 aliphatic carbocycles. The van der Waals surface area contributed by atoms with Gasteiger partial charge in [0, 0.05) is 42.3 Å². The van der Waals surface area contributed by atoms with Crippen molar-refractivity contribution in [2.45, 2.75) is 163 Å². The van der Waals surface area contributed by atoms with E-state index in [2.05, 4.69) is 51.7 Å². The van der Waals surface area contributed by atoms with Crippen molar-refractivity contribution < 1.29 is 38.7 Å². The topological polar surface area (TPSA) is 206 Å². The number of carboxylic acids is 1. The third-order valence-corrected chi connectivity index (χ3v) is 13.9. The molecule has 1 aliphatic rings. The van der Waals surface area contributed by atoms with Crippen LogP contribution in [0, 0.1) is 17.3 Å². The summed E-state index contributed by atoms with van der Waals surface area (Å²) in [4.78, 5) is 97.6. The second kappa shape index (κ2) is 25.3. The number of unbranched alkanes of at least 4 members (excludes halogenated alkanes) is 1. The molecule has 6 amide bonds. The molecule has 1 heterocycles. The van der Waals surface area contributed by atoms with Crippen molar-refractivity contribution in [3.8, 4) is 0 Å². The van der Waals surface area contributed by atoms with Crippen LogP contribution in [0.4, 0.5) is 11.4 Å².